The maximum Gasteiger partial charge on any atom is 0.149 e. The minimum atomic E-state index is -2.58. The molecule has 0 aliphatic carbocycles. The zero-order valence-corrected chi connectivity index (χ0v) is 36.3. The summed E-state index contributed by atoms with van der Waals surface area (Å²) in [5.74, 6) is -1.46. The molecule has 0 aliphatic heterocycles. The third-order valence-corrected chi connectivity index (χ3v) is 11.8. The van der Waals surface area contributed by atoms with Crippen molar-refractivity contribution in [1.82, 2.24) is 14.5 Å². The van der Waals surface area contributed by atoms with Gasteiger partial charge in [-0.3, -0.25) is 9.55 Å². The van der Waals surface area contributed by atoms with Crippen LogP contribution in [0.3, 0.4) is 0 Å². The lowest BCUT2D eigenvalue weighted by Gasteiger charge is -2.17. The van der Waals surface area contributed by atoms with Crippen molar-refractivity contribution in [3.8, 4) is 78.6 Å². The maximum absolute atomic E-state index is 11.8. The number of hydrogen-bond acceptors (Lipinski definition) is 3. The summed E-state index contributed by atoms with van der Waals surface area (Å²) in [6.45, 7) is 10.6. The summed E-state index contributed by atoms with van der Waals surface area (Å²) in [7, 11) is 0. The number of aryl methyl sites for hydroxylation is 4. The number of aromatic hydroxyl groups is 1. The van der Waals surface area contributed by atoms with Crippen LogP contribution in [0.4, 0.5) is 0 Å². The second-order valence-corrected chi connectivity index (χ2v) is 16.9. The lowest BCUT2D eigenvalue weighted by molar-refractivity contribution is 0.472. The normalized spacial score (nSPS) is 13.3. The largest absolute Gasteiger partial charge is 0.507 e. The number of rotatable bonds is 9. The van der Waals surface area contributed by atoms with Gasteiger partial charge in [0.25, 0.3) is 0 Å². The van der Waals surface area contributed by atoms with Crippen LogP contribution in [0.25, 0.3) is 83.9 Å². The third-order valence-electron chi connectivity index (χ3n) is 11.8. The van der Waals surface area contributed by atoms with Gasteiger partial charge in [0, 0.05) is 24.2 Å². The number of fused-ring (bicyclic) bond motifs is 1. The number of nitrogens with zero attached hydrogens (tertiary/aromatic N) is 3. The molecule has 9 aromatic rings. The number of hydrogen-bond donors (Lipinski definition) is 1. The van der Waals surface area contributed by atoms with E-state index in [0.717, 1.165) is 66.9 Å². The predicted molar refractivity (Wildman–Crippen MR) is 260 cm³/mol. The zero-order chi connectivity index (χ0) is 47.6. The highest BCUT2D eigenvalue weighted by Gasteiger charge is 2.23. The molecule has 2 aromatic heterocycles. The van der Waals surface area contributed by atoms with Crippen molar-refractivity contribution in [2.24, 2.45) is 0 Å². The summed E-state index contributed by atoms with van der Waals surface area (Å²) < 4.78 is 46.6. The van der Waals surface area contributed by atoms with E-state index in [2.05, 4.69) is 67.6 Å². The van der Waals surface area contributed by atoms with E-state index >= 15 is 0 Å². The molecule has 0 saturated carbocycles. The summed E-state index contributed by atoms with van der Waals surface area (Å²) in [6, 6.07) is 50.2. The SMILES string of the molecule is [2H]C([2H])([2H])c1cc(-c2cc(C([2H])(C)C)cc(C([2H])(C)C)c2)ccc1-n1c(-c2cc(C)cc(C)c2O)nc2c(-c3cc(-c4ccccc4)cc(-c4cc(-c5ccc(C)cc5)ccn4)c3)cccc21. The quantitative estimate of drug-likeness (QED) is 0.158. The van der Waals surface area contributed by atoms with E-state index in [9.17, 15) is 5.11 Å². The number of benzene rings is 7. The second-order valence-electron chi connectivity index (χ2n) is 16.9. The monoisotopic (exact) mass is 812 g/mol. The van der Waals surface area contributed by atoms with Crippen molar-refractivity contribution in [2.45, 2.75) is 67.1 Å². The Hall–Kier alpha value is -7.04. The van der Waals surface area contributed by atoms with Gasteiger partial charge in [0.1, 0.15) is 11.6 Å². The first-order chi connectivity index (χ1) is 31.7. The van der Waals surface area contributed by atoms with Crippen molar-refractivity contribution in [3.63, 3.8) is 0 Å². The van der Waals surface area contributed by atoms with Crippen LogP contribution in [-0.4, -0.2) is 19.6 Å². The molecule has 0 bridgehead atoms. The Bertz CT molecular complexity index is 3310. The van der Waals surface area contributed by atoms with Gasteiger partial charge in [-0.25, -0.2) is 4.98 Å². The Balaban J connectivity index is 1.30. The summed E-state index contributed by atoms with van der Waals surface area (Å²) in [5.41, 5.74) is 15.5. The molecule has 0 saturated heterocycles. The lowest BCUT2D eigenvalue weighted by Crippen LogP contribution is -2.01. The Morgan fingerprint density at radius 2 is 1.19 bits per heavy atom. The molecular formula is C58H53N3O. The molecule has 0 atom stereocenters. The molecular weight excluding hydrogens is 755 g/mol. The lowest BCUT2D eigenvalue weighted by atomic mass is 9.90. The van der Waals surface area contributed by atoms with Crippen LogP contribution in [0, 0.1) is 27.6 Å². The fraction of sp³-hybridized carbons (Fsp3) is 0.172. The predicted octanol–water partition coefficient (Wildman–Crippen LogP) is 15.6. The number of para-hydroxylation sites is 1. The van der Waals surface area contributed by atoms with Crippen LogP contribution in [0.1, 0.15) is 79.7 Å². The summed E-state index contributed by atoms with van der Waals surface area (Å²) in [5, 5.41) is 11.8. The fourth-order valence-corrected chi connectivity index (χ4v) is 8.41. The summed E-state index contributed by atoms with van der Waals surface area (Å²) in [6.07, 6.45) is 1.85. The molecule has 306 valence electrons. The van der Waals surface area contributed by atoms with Gasteiger partial charge in [0.05, 0.1) is 28.0 Å². The van der Waals surface area contributed by atoms with Crippen LogP contribution < -0.4 is 0 Å². The molecule has 0 unspecified atom stereocenters. The minimum Gasteiger partial charge on any atom is -0.507 e. The van der Waals surface area contributed by atoms with Gasteiger partial charge in [0.2, 0.25) is 0 Å². The molecule has 0 radical (unpaired) electrons. The van der Waals surface area contributed by atoms with Crippen molar-refractivity contribution < 1.29 is 12.0 Å². The molecule has 0 fully saturated rings. The topological polar surface area (TPSA) is 50.9 Å². The number of aromatic nitrogens is 3. The van der Waals surface area contributed by atoms with Crippen LogP contribution in [0.2, 0.25) is 0 Å². The highest BCUT2D eigenvalue weighted by atomic mass is 16.3. The Kier molecular flexibility index (Phi) is 9.19. The van der Waals surface area contributed by atoms with Crippen molar-refractivity contribution in [3.05, 3.63) is 191 Å². The average molecular weight is 813 g/mol. The van der Waals surface area contributed by atoms with Gasteiger partial charge < -0.3 is 5.11 Å². The van der Waals surface area contributed by atoms with E-state index in [4.69, 9.17) is 16.8 Å². The number of phenols is 1. The van der Waals surface area contributed by atoms with Gasteiger partial charge >= 0.3 is 0 Å². The number of phenolic OH excluding ortho intramolecular Hbond substituents is 1. The molecule has 62 heavy (non-hydrogen) atoms. The van der Waals surface area contributed by atoms with Crippen LogP contribution in [-0.2, 0) is 0 Å². The summed E-state index contributed by atoms with van der Waals surface area (Å²) in [4.78, 5) is 10.3. The molecule has 0 amide bonds. The first kappa shape index (κ1) is 34.6. The first-order valence-electron chi connectivity index (χ1n) is 23.6. The number of imidazole rings is 1. The van der Waals surface area contributed by atoms with E-state index in [1.54, 1.807) is 6.07 Å². The highest BCUT2D eigenvalue weighted by Crippen LogP contribution is 2.42. The van der Waals surface area contributed by atoms with E-state index in [0.29, 0.717) is 39.2 Å². The third kappa shape index (κ3) is 7.74. The van der Waals surface area contributed by atoms with Gasteiger partial charge in [-0.2, -0.15) is 0 Å². The molecule has 0 spiro atoms. The Labute approximate surface area is 373 Å². The Morgan fingerprint density at radius 3 is 1.92 bits per heavy atom. The standard InChI is InChI=1S/C58H53N3O/c1-35(2)45-28-46(36(3)4)30-48(29-45)43-21-22-54(39(7)27-43)61-55-16-12-15-51(56(55)60-58(61)52-26-38(6)25-40(8)57(52)62)49-31-47(41-13-10-9-11-14-41)32-50(33-49)53-34-44(23-24-59-53)42-19-17-37(5)18-20-42/h9-36,62H,1-8H3/i7D3,35D,36D. The maximum atomic E-state index is 11.8. The van der Waals surface area contributed by atoms with E-state index in [1.165, 1.54) is 5.56 Å². The van der Waals surface area contributed by atoms with E-state index in [-0.39, 0.29) is 11.3 Å². The highest BCUT2D eigenvalue weighted by molar-refractivity contribution is 5.98. The molecule has 4 nitrogen and oxygen atoms in total. The van der Waals surface area contributed by atoms with Crippen LogP contribution >= 0.6 is 0 Å². The van der Waals surface area contributed by atoms with Crippen molar-refractivity contribution >= 4 is 11.0 Å². The molecule has 0 aliphatic rings. The van der Waals surface area contributed by atoms with Crippen molar-refractivity contribution in [2.75, 3.05) is 0 Å². The Morgan fingerprint density at radius 1 is 0.532 bits per heavy atom. The van der Waals surface area contributed by atoms with Gasteiger partial charge in [-0.1, -0.05) is 130 Å². The molecule has 9 rings (SSSR count). The van der Waals surface area contributed by atoms with Crippen LogP contribution in [0.5, 0.6) is 5.75 Å². The fourth-order valence-electron chi connectivity index (χ4n) is 8.41. The molecule has 4 heteroatoms. The zero-order valence-electron chi connectivity index (χ0n) is 41.3. The van der Waals surface area contributed by atoms with Gasteiger partial charge in [0.15, 0.2) is 0 Å². The smallest absolute Gasteiger partial charge is 0.149 e. The van der Waals surface area contributed by atoms with Crippen molar-refractivity contribution in [1.29, 1.82) is 0 Å². The second kappa shape index (κ2) is 16.4. The minimum absolute atomic E-state index is 0.0593. The van der Waals surface area contributed by atoms with Gasteiger partial charge in [-0.15, -0.1) is 0 Å². The molecule has 7 aromatic carbocycles. The summed E-state index contributed by atoms with van der Waals surface area (Å²) >= 11 is 0. The average Bonchev–Trinajstić information content (AvgIpc) is 3.69. The number of pyridine rings is 1. The van der Waals surface area contributed by atoms with E-state index < -0.39 is 18.6 Å². The van der Waals surface area contributed by atoms with Gasteiger partial charge in [-0.05, 0) is 161 Å². The molecule has 2 heterocycles. The van der Waals surface area contributed by atoms with E-state index in [1.807, 2.05) is 137 Å². The first-order valence-corrected chi connectivity index (χ1v) is 21.1. The van der Waals surface area contributed by atoms with Crippen LogP contribution in [0.15, 0.2) is 158 Å². The molecule has 1 N–H and O–H groups in total.